The average molecular weight is 304 g/mol. The number of carbonyl (C=O) groups is 1. The summed E-state index contributed by atoms with van der Waals surface area (Å²) in [4.78, 5) is 12.3. The lowest BCUT2D eigenvalue weighted by Crippen LogP contribution is -2.32. The van der Waals surface area contributed by atoms with E-state index in [1.54, 1.807) is 12.1 Å². The number of rotatable bonds is 5. The van der Waals surface area contributed by atoms with Crippen molar-refractivity contribution in [1.82, 2.24) is 0 Å². The molecule has 0 heterocycles. The number of amides is 1. The molecule has 2 aromatic carbocycles. The maximum Gasteiger partial charge on any atom is 0.265 e. The Hall–Kier alpha value is -2.00. The molecule has 2 rings (SSSR count). The molecular formula is C17H18ClNO2. The Morgan fingerprint density at radius 1 is 1.24 bits per heavy atom. The Kier molecular flexibility index (Phi) is 5.23. The zero-order valence-electron chi connectivity index (χ0n) is 12.1. The molecular weight excluding hydrogens is 286 g/mol. The number of para-hydroxylation sites is 1. The zero-order chi connectivity index (χ0) is 15.2. The van der Waals surface area contributed by atoms with Crippen LogP contribution < -0.4 is 10.1 Å². The van der Waals surface area contributed by atoms with Gasteiger partial charge >= 0.3 is 0 Å². The second-order valence-corrected chi connectivity index (χ2v) is 5.21. The van der Waals surface area contributed by atoms with Gasteiger partial charge in [0.2, 0.25) is 0 Å². The molecule has 21 heavy (non-hydrogen) atoms. The van der Waals surface area contributed by atoms with Gasteiger partial charge < -0.3 is 10.1 Å². The van der Waals surface area contributed by atoms with E-state index >= 15 is 0 Å². The number of nitrogens with one attached hydrogen (secondary N) is 1. The van der Waals surface area contributed by atoms with Crippen LogP contribution in [0.1, 0.15) is 18.9 Å². The van der Waals surface area contributed by atoms with Crippen LogP contribution >= 0.6 is 11.6 Å². The number of anilines is 1. The number of halogens is 1. The maximum absolute atomic E-state index is 12.3. The van der Waals surface area contributed by atoms with Crippen molar-refractivity contribution in [3.8, 4) is 5.75 Å². The first-order valence-electron chi connectivity index (χ1n) is 6.89. The third-order valence-corrected chi connectivity index (χ3v) is 3.38. The smallest absolute Gasteiger partial charge is 0.265 e. The molecule has 4 heteroatoms. The Balaban J connectivity index is 2.08. The zero-order valence-corrected chi connectivity index (χ0v) is 12.9. The SMILES string of the molecule is CC[C@H](Oc1ccccc1)C(=O)Nc1cc(Cl)ccc1C. The van der Waals surface area contributed by atoms with Gasteiger partial charge in [0.1, 0.15) is 5.75 Å². The summed E-state index contributed by atoms with van der Waals surface area (Å²) in [7, 11) is 0. The molecule has 1 N–H and O–H groups in total. The lowest BCUT2D eigenvalue weighted by atomic mass is 10.2. The van der Waals surface area contributed by atoms with E-state index in [0.717, 1.165) is 5.56 Å². The van der Waals surface area contributed by atoms with Crippen molar-refractivity contribution in [2.75, 3.05) is 5.32 Å². The summed E-state index contributed by atoms with van der Waals surface area (Å²) in [6.07, 6.45) is 0.0474. The molecule has 0 aliphatic rings. The van der Waals surface area contributed by atoms with Crippen LogP contribution in [0.3, 0.4) is 0 Å². The molecule has 0 bridgehead atoms. The van der Waals surface area contributed by atoms with E-state index in [1.165, 1.54) is 0 Å². The van der Waals surface area contributed by atoms with Crippen LogP contribution in [0.25, 0.3) is 0 Å². The molecule has 0 aromatic heterocycles. The molecule has 1 atom stereocenters. The van der Waals surface area contributed by atoms with Crippen molar-refractivity contribution in [3.05, 3.63) is 59.1 Å². The second-order valence-electron chi connectivity index (χ2n) is 4.78. The summed E-state index contributed by atoms with van der Waals surface area (Å²) in [5, 5.41) is 3.46. The molecule has 1 amide bonds. The molecule has 0 aliphatic heterocycles. The van der Waals surface area contributed by atoms with Crippen molar-refractivity contribution in [2.24, 2.45) is 0 Å². The molecule has 0 saturated carbocycles. The van der Waals surface area contributed by atoms with E-state index in [9.17, 15) is 4.79 Å². The lowest BCUT2D eigenvalue weighted by molar-refractivity contribution is -0.122. The highest BCUT2D eigenvalue weighted by Crippen LogP contribution is 2.21. The third-order valence-electron chi connectivity index (χ3n) is 3.14. The van der Waals surface area contributed by atoms with Gasteiger partial charge in [-0.3, -0.25) is 4.79 Å². The van der Waals surface area contributed by atoms with Gasteiger partial charge in [0.15, 0.2) is 6.10 Å². The predicted molar refractivity (Wildman–Crippen MR) is 86.0 cm³/mol. The summed E-state index contributed by atoms with van der Waals surface area (Å²) in [5.41, 5.74) is 1.67. The van der Waals surface area contributed by atoms with Gasteiger partial charge in [-0.25, -0.2) is 0 Å². The highest BCUT2D eigenvalue weighted by molar-refractivity contribution is 6.31. The minimum Gasteiger partial charge on any atom is -0.481 e. The highest BCUT2D eigenvalue weighted by atomic mass is 35.5. The van der Waals surface area contributed by atoms with E-state index in [4.69, 9.17) is 16.3 Å². The van der Waals surface area contributed by atoms with Crippen LogP contribution in [0.4, 0.5) is 5.69 Å². The first-order chi connectivity index (χ1) is 10.1. The summed E-state index contributed by atoms with van der Waals surface area (Å²) < 4.78 is 5.72. The topological polar surface area (TPSA) is 38.3 Å². The van der Waals surface area contributed by atoms with Crippen LogP contribution in [0.2, 0.25) is 5.02 Å². The molecule has 2 aromatic rings. The van der Waals surface area contributed by atoms with E-state index in [-0.39, 0.29) is 5.91 Å². The van der Waals surface area contributed by atoms with E-state index in [0.29, 0.717) is 22.9 Å². The fraction of sp³-hybridized carbons (Fsp3) is 0.235. The average Bonchev–Trinajstić information content (AvgIpc) is 2.49. The molecule has 0 unspecified atom stereocenters. The summed E-state index contributed by atoms with van der Waals surface area (Å²) in [6, 6.07) is 14.7. The van der Waals surface area contributed by atoms with Crippen LogP contribution in [-0.4, -0.2) is 12.0 Å². The largest absolute Gasteiger partial charge is 0.481 e. The van der Waals surface area contributed by atoms with Crippen LogP contribution in [-0.2, 0) is 4.79 Å². The number of aryl methyl sites for hydroxylation is 1. The number of hydrogen-bond donors (Lipinski definition) is 1. The van der Waals surface area contributed by atoms with Gasteiger partial charge in [-0.05, 0) is 43.2 Å². The number of carbonyl (C=O) groups excluding carboxylic acids is 1. The van der Waals surface area contributed by atoms with E-state index < -0.39 is 6.10 Å². The van der Waals surface area contributed by atoms with Crippen molar-refractivity contribution >= 4 is 23.2 Å². The summed E-state index contributed by atoms with van der Waals surface area (Å²) in [5.74, 6) is 0.508. The van der Waals surface area contributed by atoms with Crippen molar-refractivity contribution in [1.29, 1.82) is 0 Å². The minimum atomic E-state index is -0.536. The molecule has 0 saturated heterocycles. The Labute approximate surface area is 129 Å². The molecule has 0 fully saturated rings. The molecule has 3 nitrogen and oxygen atoms in total. The Morgan fingerprint density at radius 3 is 2.62 bits per heavy atom. The second kappa shape index (κ2) is 7.14. The summed E-state index contributed by atoms with van der Waals surface area (Å²) in [6.45, 7) is 3.84. The van der Waals surface area contributed by atoms with Crippen molar-refractivity contribution < 1.29 is 9.53 Å². The molecule has 0 radical (unpaired) electrons. The van der Waals surface area contributed by atoms with E-state index in [2.05, 4.69) is 5.32 Å². The van der Waals surface area contributed by atoms with Gasteiger partial charge in [-0.1, -0.05) is 42.8 Å². The van der Waals surface area contributed by atoms with Crippen LogP contribution in [0.15, 0.2) is 48.5 Å². The normalized spacial score (nSPS) is 11.8. The molecule has 0 spiro atoms. The fourth-order valence-corrected chi connectivity index (χ4v) is 2.10. The molecule has 110 valence electrons. The van der Waals surface area contributed by atoms with Gasteiger partial charge in [-0.15, -0.1) is 0 Å². The summed E-state index contributed by atoms with van der Waals surface area (Å²) >= 11 is 5.96. The highest BCUT2D eigenvalue weighted by Gasteiger charge is 2.19. The fourth-order valence-electron chi connectivity index (χ4n) is 1.93. The number of hydrogen-bond acceptors (Lipinski definition) is 2. The lowest BCUT2D eigenvalue weighted by Gasteiger charge is -2.18. The van der Waals surface area contributed by atoms with E-state index in [1.807, 2.05) is 50.2 Å². The Bertz CT molecular complexity index is 613. The van der Waals surface area contributed by atoms with Gasteiger partial charge in [0.05, 0.1) is 0 Å². The third kappa shape index (κ3) is 4.23. The van der Waals surface area contributed by atoms with Crippen molar-refractivity contribution in [2.45, 2.75) is 26.4 Å². The predicted octanol–water partition coefficient (Wildman–Crippen LogP) is 4.44. The Morgan fingerprint density at radius 2 is 1.95 bits per heavy atom. The van der Waals surface area contributed by atoms with Gasteiger partial charge in [0, 0.05) is 10.7 Å². The van der Waals surface area contributed by atoms with Crippen LogP contribution in [0, 0.1) is 6.92 Å². The van der Waals surface area contributed by atoms with Gasteiger partial charge in [-0.2, -0.15) is 0 Å². The monoisotopic (exact) mass is 303 g/mol. The maximum atomic E-state index is 12.3. The molecule has 0 aliphatic carbocycles. The number of benzene rings is 2. The quantitative estimate of drug-likeness (QED) is 0.886. The number of ether oxygens (including phenoxy) is 1. The van der Waals surface area contributed by atoms with Crippen LogP contribution in [0.5, 0.6) is 5.75 Å². The first-order valence-corrected chi connectivity index (χ1v) is 7.26. The first kappa shape index (κ1) is 15.4. The standard InChI is InChI=1S/C17H18ClNO2/c1-3-16(21-14-7-5-4-6-8-14)17(20)19-15-11-13(18)10-9-12(15)2/h4-11,16H,3H2,1-2H3,(H,19,20)/t16-/m0/s1. The van der Waals surface area contributed by atoms with Gasteiger partial charge in [0.25, 0.3) is 5.91 Å². The minimum absolute atomic E-state index is 0.174. The van der Waals surface area contributed by atoms with Crippen molar-refractivity contribution in [3.63, 3.8) is 0 Å².